The number of aliphatic hydroxyl groups excluding tert-OH is 2. The van der Waals surface area contributed by atoms with Crippen molar-refractivity contribution < 1.29 is 63.1 Å². The maximum Gasteiger partial charge on any atom is 0.326 e. The van der Waals surface area contributed by atoms with Gasteiger partial charge in [-0.3, -0.25) is 43.1 Å². The van der Waals surface area contributed by atoms with Crippen LogP contribution in [0.1, 0.15) is 84.4 Å². The van der Waals surface area contributed by atoms with Gasteiger partial charge in [0, 0.05) is 47.0 Å². The topological polar surface area (TPSA) is 411 Å². The molecule has 5 unspecified atom stereocenters. The normalized spacial score (nSPS) is 17.7. The maximum atomic E-state index is 14.4. The zero-order valence-electron chi connectivity index (χ0n) is 43.8. The van der Waals surface area contributed by atoms with Gasteiger partial charge >= 0.3 is 5.97 Å². The van der Waals surface area contributed by atoms with Gasteiger partial charge in [0.05, 0.1) is 39.1 Å². The first-order valence-corrected chi connectivity index (χ1v) is 24.6. The second-order valence-corrected chi connectivity index (χ2v) is 19.6. The number of anilines is 1. The molecule has 2 aromatic heterocycles. The van der Waals surface area contributed by atoms with Gasteiger partial charge in [0.1, 0.15) is 48.5 Å². The molecule has 0 spiro atoms. The van der Waals surface area contributed by atoms with Crippen LogP contribution in [0.5, 0.6) is 5.75 Å². The molecule has 0 radical (unpaired) electrons. The monoisotopic (exact) mass is 1070 g/mol. The number of carbonyl (C=O) groups is 8. The number of aliphatic carboxylic acids is 1. The molecule has 7 amide bonds. The number of hydrogen-bond donors (Lipinski definition) is 12. The molecular formula is C48H73N15O13. The number of aliphatic hydroxyl groups is 2. The number of imidazole rings is 1. The van der Waals surface area contributed by atoms with Crippen LogP contribution in [0.15, 0.2) is 41.9 Å². The SMILES string of the molecule is COc1ccc(CC(NC(=O)C(CCCCNC(C)=O)NC(=O)CC(NC(=O)CNC(=O)C(CCCN=C(N)N)NC(=O)CC(C)(C)C)C(=O)O)C(=O)NC2[C@@H](CO)O[C@@H](n3cnc4c(N(C)C)ncnc43)[C@H]2O)cc1. The number of ether oxygens (including phenoxy) is 2. The minimum atomic E-state index is -1.85. The van der Waals surface area contributed by atoms with E-state index in [1.54, 1.807) is 43.3 Å². The number of guanidine groups is 1. The molecule has 28 heteroatoms. The van der Waals surface area contributed by atoms with E-state index in [9.17, 15) is 53.7 Å². The molecule has 3 heterocycles. The number of nitrogens with zero attached hydrogens (tertiary/aromatic N) is 6. The zero-order valence-corrected chi connectivity index (χ0v) is 43.8. The first-order valence-electron chi connectivity index (χ1n) is 24.6. The number of nitrogens with two attached hydrogens (primary N) is 2. The Morgan fingerprint density at radius 3 is 2.12 bits per heavy atom. The Kier molecular flexibility index (Phi) is 23.1. The molecule has 4 rings (SSSR count). The fraction of sp³-hybridized carbons (Fsp3) is 0.583. The third-order valence-corrected chi connectivity index (χ3v) is 11.8. The fourth-order valence-electron chi connectivity index (χ4n) is 8.08. The molecule has 1 aliphatic rings. The number of hydrogen-bond acceptors (Lipinski definition) is 17. The summed E-state index contributed by atoms with van der Waals surface area (Å²) >= 11 is 0. The number of fused-ring (bicyclic) bond motifs is 1. The van der Waals surface area contributed by atoms with E-state index in [0.29, 0.717) is 34.7 Å². The molecule has 1 saturated heterocycles. The average molecular weight is 1070 g/mol. The van der Waals surface area contributed by atoms with Gasteiger partial charge in [0.15, 0.2) is 29.2 Å². The summed E-state index contributed by atoms with van der Waals surface area (Å²) in [4.78, 5) is 124. The number of carbonyl (C=O) groups excluding carboxylic acids is 7. The van der Waals surface area contributed by atoms with Crippen LogP contribution in [-0.2, 0) is 49.5 Å². The average Bonchev–Trinajstić information content (AvgIpc) is 3.92. The Hall–Kier alpha value is -7.72. The minimum absolute atomic E-state index is 0.0645. The van der Waals surface area contributed by atoms with Gasteiger partial charge in [-0.15, -0.1) is 0 Å². The van der Waals surface area contributed by atoms with E-state index >= 15 is 0 Å². The number of amides is 7. The number of rotatable bonds is 29. The van der Waals surface area contributed by atoms with Gasteiger partial charge in [-0.1, -0.05) is 32.9 Å². The number of nitrogens with one attached hydrogen (secondary N) is 7. The predicted octanol–water partition coefficient (Wildman–Crippen LogP) is -2.79. The van der Waals surface area contributed by atoms with E-state index in [1.165, 1.54) is 31.3 Å². The van der Waals surface area contributed by atoms with Crippen molar-refractivity contribution in [3.05, 3.63) is 42.5 Å². The highest BCUT2D eigenvalue weighted by Crippen LogP contribution is 2.33. The highest BCUT2D eigenvalue weighted by atomic mass is 16.5. The molecule has 76 heavy (non-hydrogen) atoms. The second-order valence-electron chi connectivity index (χ2n) is 19.6. The van der Waals surface area contributed by atoms with E-state index in [1.807, 2.05) is 20.8 Å². The number of carboxylic acids is 1. The maximum absolute atomic E-state index is 14.4. The lowest BCUT2D eigenvalue weighted by molar-refractivity contribution is -0.143. The van der Waals surface area contributed by atoms with Crippen LogP contribution in [0.2, 0.25) is 0 Å². The van der Waals surface area contributed by atoms with Crippen molar-refractivity contribution in [2.45, 2.75) is 128 Å². The van der Waals surface area contributed by atoms with E-state index in [2.05, 4.69) is 57.2 Å². The van der Waals surface area contributed by atoms with Crippen molar-refractivity contribution in [1.82, 2.24) is 56.7 Å². The third-order valence-electron chi connectivity index (χ3n) is 11.8. The summed E-state index contributed by atoms with van der Waals surface area (Å²) in [5.41, 5.74) is 11.6. The molecule has 1 aliphatic heterocycles. The molecule has 418 valence electrons. The predicted molar refractivity (Wildman–Crippen MR) is 275 cm³/mol. The van der Waals surface area contributed by atoms with Gasteiger partial charge in [-0.05, 0) is 55.2 Å². The summed E-state index contributed by atoms with van der Waals surface area (Å²) in [6.45, 7) is 5.84. The molecule has 0 saturated carbocycles. The number of aromatic nitrogens is 4. The van der Waals surface area contributed by atoms with Crippen LogP contribution in [0, 0.1) is 5.41 Å². The molecule has 1 aromatic carbocycles. The quantitative estimate of drug-likeness (QED) is 0.0190. The standard InChI is InChI=1S/C48H73N15O13/c1-26(65)51-17-9-8-11-30(57-34(66)20-32(46(73)74)59-36(68)22-53-42(70)29(12-10-18-52-47(49)50)58-35(67)21-48(2,3)4)43(71)60-31(19-27-13-15-28(75-7)16-14-27)44(72)61-37-33(23-64)76-45(39(37)69)63-25-56-38-40(62(5)6)54-24-55-41(38)63/h13-16,24-25,29-33,37,39,45,64,69H,8-12,17-23H2,1-7H3,(H,51,65)(H,53,70)(H,57,66)(H,58,67)(H,59,68)(H,60,71)(H,61,72)(H,73,74)(H4,49,50,52)/t29?,30?,31?,32?,33-,37?,39+,45-/m1/s1. The van der Waals surface area contributed by atoms with Crippen LogP contribution in [0.4, 0.5) is 5.82 Å². The Bertz CT molecular complexity index is 2510. The molecule has 14 N–H and O–H groups in total. The van der Waals surface area contributed by atoms with Crippen LogP contribution in [-0.4, -0.2) is 178 Å². The number of carboxylic acid groups (broad SMARTS) is 1. The summed E-state index contributed by atoms with van der Waals surface area (Å²) < 4.78 is 12.8. The largest absolute Gasteiger partial charge is 0.497 e. The number of methoxy groups -OCH3 is 1. The zero-order chi connectivity index (χ0) is 56.3. The van der Waals surface area contributed by atoms with Crippen molar-refractivity contribution >= 4 is 70.3 Å². The Morgan fingerprint density at radius 1 is 0.842 bits per heavy atom. The fourth-order valence-corrected chi connectivity index (χ4v) is 8.08. The van der Waals surface area contributed by atoms with Gasteiger partial charge in [-0.25, -0.2) is 19.7 Å². The van der Waals surface area contributed by atoms with E-state index in [-0.39, 0.29) is 63.5 Å². The molecule has 0 bridgehead atoms. The molecule has 3 aromatic rings. The molecule has 1 fully saturated rings. The Labute approximate surface area is 439 Å². The first kappa shape index (κ1) is 60.8. The molecule has 8 atom stereocenters. The van der Waals surface area contributed by atoms with E-state index < -0.39 is 115 Å². The number of unbranched alkanes of at least 4 members (excludes halogenated alkanes) is 1. The lowest BCUT2D eigenvalue weighted by atomic mass is 9.91. The van der Waals surface area contributed by atoms with Crippen molar-refractivity contribution in [2.24, 2.45) is 21.9 Å². The third kappa shape index (κ3) is 18.9. The summed E-state index contributed by atoms with van der Waals surface area (Å²) in [6.07, 6.45) is -1.15. The van der Waals surface area contributed by atoms with Gasteiger partial charge in [0.2, 0.25) is 41.4 Å². The van der Waals surface area contributed by atoms with E-state index in [4.69, 9.17) is 20.9 Å². The van der Waals surface area contributed by atoms with Crippen LogP contribution < -0.4 is 58.3 Å². The Balaban J connectivity index is 1.51. The second kappa shape index (κ2) is 28.8. The molecule has 0 aliphatic carbocycles. The highest BCUT2D eigenvalue weighted by molar-refractivity contribution is 5.95. The Morgan fingerprint density at radius 2 is 1.50 bits per heavy atom. The highest BCUT2D eigenvalue weighted by Gasteiger charge is 2.46. The van der Waals surface area contributed by atoms with Gasteiger partial charge < -0.3 is 78.4 Å². The minimum Gasteiger partial charge on any atom is -0.497 e. The molecule has 28 nitrogen and oxygen atoms in total. The summed E-state index contributed by atoms with van der Waals surface area (Å²) in [5, 5.41) is 50.0. The van der Waals surface area contributed by atoms with Crippen molar-refractivity contribution in [2.75, 3.05) is 52.3 Å². The van der Waals surface area contributed by atoms with Crippen LogP contribution >= 0.6 is 0 Å². The van der Waals surface area contributed by atoms with Crippen molar-refractivity contribution in [3.8, 4) is 5.75 Å². The van der Waals surface area contributed by atoms with Crippen LogP contribution in [0.25, 0.3) is 11.2 Å². The molecular weight excluding hydrogens is 995 g/mol. The first-order chi connectivity index (χ1) is 35.9. The summed E-state index contributed by atoms with van der Waals surface area (Å²) in [7, 11) is 5.01. The van der Waals surface area contributed by atoms with E-state index in [0.717, 1.165) is 0 Å². The van der Waals surface area contributed by atoms with Crippen molar-refractivity contribution in [1.29, 1.82) is 0 Å². The van der Waals surface area contributed by atoms with Gasteiger partial charge in [0.25, 0.3) is 0 Å². The number of benzene rings is 1. The van der Waals surface area contributed by atoms with Crippen LogP contribution in [0.3, 0.4) is 0 Å². The smallest absolute Gasteiger partial charge is 0.326 e. The number of aliphatic imine (C=N–C) groups is 1. The van der Waals surface area contributed by atoms with Gasteiger partial charge in [-0.2, -0.15) is 0 Å². The lowest BCUT2D eigenvalue weighted by Crippen LogP contribution is -2.58. The summed E-state index contributed by atoms with van der Waals surface area (Å²) in [5.74, 6) is -5.92. The lowest BCUT2D eigenvalue weighted by Gasteiger charge is -2.27. The van der Waals surface area contributed by atoms with Crippen molar-refractivity contribution in [3.63, 3.8) is 0 Å². The summed E-state index contributed by atoms with van der Waals surface area (Å²) in [6, 6.07) is -0.400.